The molecule has 1 aromatic heterocycles. The van der Waals surface area contributed by atoms with Gasteiger partial charge < -0.3 is 5.32 Å². The molecule has 3 nitrogen and oxygen atoms in total. The first-order valence-corrected chi connectivity index (χ1v) is 7.18. The zero-order valence-electron chi connectivity index (χ0n) is 13.0. The zero-order valence-corrected chi connectivity index (χ0v) is 13.0. The number of rotatable bonds is 6. The van der Waals surface area contributed by atoms with Crippen molar-refractivity contribution in [3.05, 3.63) is 17.0 Å². The number of aromatic nitrogens is 2. The molecule has 0 amide bonds. The Morgan fingerprint density at radius 1 is 1.17 bits per heavy atom. The third kappa shape index (κ3) is 3.14. The highest BCUT2D eigenvalue weighted by Gasteiger charge is 2.20. The molecule has 18 heavy (non-hydrogen) atoms. The number of nitrogens with zero attached hydrogens (tertiary/aromatic N) is 2. The van der Waals surface area contributed by atoms with Gasteiger partial charge in [-0.15, -0.1) is 0 Å². The number of aryl methyl sites for hydroxylation is 2. The Hall–Kier alpha value is -0.830. The molecule has 0 bridgehead atoms. The van der Waals surface area contributed by atoms with E-state index in [1.165, 1.54) is 24.1 Å². The van der Waals surface area contributed by atoms with E-state index in [1.807, 2.05) is 11.7 Å². The summed E-state index contributed by atoms with van der Waals surface area (Å²) in [6.45, 7) is 13.3. The van der Waals surface area contributed by atoms with Crippen molar-refractivity contribution < 1.29 is 0 Å². The van der Waals surface area contributed by atoms with Crippen molar-refractivity contribution >= 4 is 0 Å². The standard InChI is InChI=1S/C15H29N3/c1-8-14(9-2)10(3)16-11(4)15-12(5)17-18(7)13(15)6/h10-11,14,16H,8-9H2,1-7H3. The van der Waals surface area contributed by atoms with Gasteiger partial charge in [-0.05, 0) is 33.6 Å². The molecule has 0 radical (unpaired) electrons. The highest BCUT2D eigenvalue weighted by Crippen LogP contribution is 2.23. The number of hydrogen-bond donors (Lipinski definition) is 1. The summed E-state index contributed by atoms with van der Waals surface area (Å²) in [4.78, 5) is 0. The van der Waals surface area contributed by atoms with Crippen LogP contribution in [-0.2, 0) is 7.05 Å². The summed E-state index contributed by atoms with van der Waals surface area (Å²) in [6.07, 6.45) is 2.48. The third-order valence-electron chi connectivity index (χ3n) is 4.27. The average Bonchev–Trinajstić information content (AvgIpc) is 2.54. The second kappa shape index (κ2) is 6.37. The minimum atomic E-state index is 0.370. The average molecular weight is 251 g/mol. The van der Waals surface area contributed by atoms with Crippen molar-refractivity contribution in [1.82, 2.24) is 15.1 Å². The molecule has 1 N–H and O–H groups in total. The Kier molecular flexibility index (Phi) is 5.39. The Morgan fingerprint density at radius 3 is 2.11 bits per heavy atom. The Labute approximate surface area is 112 Å². The van der Waals surface area contributed by atoms with Gasteiger partial charge in [-0.25, -0.2) is 0 Å². The van der Waals surface area contributed by atoms with E-state index in [4.69, 9.17) is 0 Å². The van der Waals surface area contributed by atoms with Gasteiger partial charge in [-0.2, -0.15) is 5.10 Å². The van der Waals surface area contributed by atoms with Gasteiger partial charge >= 0.3 is 0 Å². The van der Waals surface area contributed by atoms with Crippen LogP contribution in [0.4, 0.5) is 0 Å². The van der Waals surface area contributed by atoms with E-state index in [0.29, 0.717) is 12.1 Å². The summed E-state index contributed by atoms with van der Waals surface area (Å²) in [6, 6.07) is 0.920. The molecule has 1 aromatic rings. The minimum Gasteiger partial charge on any atom is -0.307 e. The van der Waals surface area contributed by atoms with Crippen LogP contribution in [0.15, 0.2) is 0 Å². The van der Waals surface area contributed by atoms with Gasteiger partial charge in [0.2, 0.25) is 0 Å². The molecular formula is C15H29N3. The van der Waals surface area contributed by atoms with Gasteiger partial charge in [0.25, 0.3) is 0 Å². The van der Waals surface area contributed by atoms with Gasteiger partial charge in [0.1, 0.15) is 0 Å². The largest absolute Gasteiger partial charge is 0.307 e. The monoisotopic (exact) mass is 251 g/mol. The summed E-state index contributed by atoms with van der Waals surface area (Å²) in [5, 5.41) is 8.24. The van der Waals surface area contributed by atoms with Gasteiger partial charge in [-0.1, -0.05) is 26.7 Å². The van der Waals surface area contributed by atoms with Crippen molar-refractivity contribution in [3.63, 3.8) is 0 Å². The number of nitrogens with one attached hydrogen (secondary N) is 1. The van der Waals surface area contributed by atoms with Gasteiger partial charge in [-0.3, -0.25) is 4.68 Å². The van der Waals surface area contributed by atoms with E-state index in [-0.39, 0.29) is 0 Å². The molecule has 2 atom stereocenters. The van der Waals surface area contributed by atoms with Crippen molar-refractivity contribution in [2.75, 3.05) is 0 Å². The van der Waals surface area contributed by atoms with Crippen LogP contribution in [-0.4, -0.2) is 15.8 Å². The molecule has 0 aliphatic carbocycles. The summed E-state index contributed by atoms with van der Waals surface area (Å²) < 4.78 is 1.98. The molecule has 0 fully saturated rings. The van der Waals surface area contributed by atoms with E-state index < -0.39 is 0 Å². The molecule has 0 spiro atoms. The van der Waals surface area contributed by atoms with Crippen molar-refractivity contribution in [2.45, 2.75) is 66.5 Å². The first kappa shape index (κ1) is 15.2. The van der Waals surface area contributed by atoms with E-state index >= 15 is 0 Å². The fourth-order valence-electron chi connectivity index (χ4n) is 3.03. The van der Waals surface area contributed by atoms with Crippen LogP contribution in [0.5, 0.6) is 0 Å². The lowest BCUT2D eigenvalue weighted by Gasteiger charge is -2.26. The van der Waals surface area contributed by atoms with Crippen molar-refractivity contribution in [3.8, 4) is 0 Å². The lowest BCUT2D eigenvalue weighted by molar-refractivity contribution is 0.329. The Morgan fingerprint density at radius 2 is 1.72 bits per heavy atom. The van der Waals surface area contributed by atoms with Gasteiger partial charge in [0, 0.05) is 30.4 Å². The normalized spacial score (nSPS) is 15.1. The molecule has 0 aromatic carbocycles. The molecule has 0 aliphatic rings. The Balaban J connectivity index is 2.79. The second-order valence-corrected chi connectivity index (χ2v) is 5.46. The SMILES string of the molecule is CCC(CC)C(C)NC(C)c1c(C)nn(C)c1C. The van der Waals surface area contributed by atoms with Crippen molar-refractivity contribution in [2.24, 2.45) is 13.0 Å². The zero-order chi connectivity index (χ0) is 13.9. The molecule has 0 aliphatic heterocycles. The maximum atomic E-state index is 4.50. The summed E-state index contributed by atoms with van der Waals surface area (Å²) >= 11 is 0. The lowest BCUT2D eigenvalue weighted by Crippen LogP contribution is -2.35. The minimum absolute atomic E-state index is 0.370. The van der Waals surface area contributed by atoms with Crippen LogP contribution >= 0.6 is 0 Å². The smallest absolute Gasteiger partial charge is 0.0644 e. The third-order valence-corrected chi connectivity index (χ3v) is 4.27. The topological polar surface area (TPSA) is 29.9 Å². The van der Waals surface area contributed by atoms with Crippen LogP contribution in [0.3, 0.4) is 0 Å². The highest BCUT2D eigenvalue weighted by molar-refractivity contribution is 5.27. The maximum absolute atomic E-state index is 4.50. The lowest BCUT2D eigenvalue weighted by atomic mass is 9.94. The van der Waals surface area contributed by atoms with Gasteiger partial charge in [0.05, 0.1) is 5.69 Å². The highest BCUT2D eigenvalue weighted by atomic mass is 15.3. The van der Waals surface area contributed by atoms with Crippen LogP contribution in [0.25, 0.3) is 0 Å². The first-order chi connectivity index (χ1) is 8.42. The second-order valence-electron chi connectivity index (χ2n) is 5.46. The van der Waals surface area contributed by atoms with E-state index in [9.17, 15) is 0 Å². The van der Waals surface area contributed by atoms with Crippen LogP contribution in [0.2, 0.25) is 0 Å². The molecule has 3 heteroatoms. The summed E-state index contributed by atoms with van der Waals surface area (Å²) in [5.41, 5.74) is 3.77. The summed E-state index contributed by atoms with van der Waals surface area (Å²) in [5.74, 6) is 0.754. The molecular weight excluding hydrogens is 222 g/mol. The van der Waals surface area contributed by atoms with Crippen molar-refractivity contribution in [1.29, 1.82) is 0 Å². The predicted molar refractivity (Wildman–Crippen MR) is 77.8 cm³/mol. The molecule has 0 saturated carbocycles. The molecule has 1 rings (SSSR count). The fraction of sp³-hybridized carbons (Fsp3) is 0.800. The van der Waals surface area contributed by atoms with Gasteiger partial charge in [0.15, 0.2) is 0 Å². The van der Waals surface area contributed by atoms with Crippen LogP contribution < -0.4 is 5.32 Å². The fourth-order valence-corrected chi connectivity index (χ4v) is 3.03. The Bertz CT molecular complexity index is 377. The van der Waals surface area contributed by atoms with E-state index in [1.54, 1.807) is 0 Å². The molecule has 2 unspecified atom stereocenters. The maximum Gasteiger partial charge on any atom is 0.0644 e. The van der Waals surface area contributed by atoms with E-state index in [2.05, 4.69) is 52.0 Å². The number of hydrogen-bond acceptors (Lipinski definition) is 2. The van der Waals surface area contributed by atoms with E-state index in [0.717, 1.165) is 11.6 Å². The molecule has 104 valence electrons. The molecule has 1 heterocycles. The van der Waals surface area contributed by atoms with Crippen LogP contribution in [0, 0.1) is 19.8 Å². The van der Waals surface area contributed by atoms with Crippen LogP contribution in [0.1, 0.15) is 63.5 Å². The first-order valence-electron chi connectivity index (χ1n) is 7.18. The summed E-state index contributed by atoms with van der Waals surface area (Å²) in [7, 11) is 2.02. The predicted octanol–water partition coefficient (Wildman–Crippen LogP) is 3.51. The quantitative estimate of drug-likeness (QED) is 0.838. The molecule has 0 saturated heterocycles.